The second-order valence-electron chi connectivity index (χ2n) is 5.49. The average molecular weight is 433 g/mol. The van der Waals surface area contributed by atoms with Crippen LogP contribution in [0.5, 0.6) is 0 Å². The number of nitrogens with one attached hydrogen (secondary N) is 2. The Bertz CT molecular complexity index is 752. The van der Waals surface area contributed by atoms with Crippen molar-refractivity contribution in [2.75, 3.05) is 30.4 Å². The Hall–Kier alpha value is -1.44. The van der Waals surface area contributed by atoms with Crippen molar-refractivity contribution in [3.63, 3.8) is 0 Å². The number of anilines is 2. The van der Waals surface area contributed by atoms with E-state index in [2.05, 4.69) is 16.0 Å². The maximum absolute atomic E-state index is 12.1. The first-order chi connectivity index (χ1) is 11.6. The first kappa shape index (κ1) is 19.9. The van der Waals surface area contributed by atoms with E-state index in [1.807, 2.05) is 32.2 Å². The molecule has 0 bridgehead atoms. The molecule has 129 valence electrons. The van der Waals surface area contributed by atoms with Crippen molar-refractivity contribution in [2.45, 2.75) is 13.0 Å². The maximum Gasteiger partial charge on any atom is 0.414 e. The van der Waals surface area contributed by atoms with E-state index in [1.54, 1.807) is 17.0 Å². The number of nitrogens with zero attached hydrogens (tertiary/aromatic N) is 1. The van der Waals surface area contributed by atoms with Crippen LogP contribution in [0.2, 0.25) is 0 Å². The van der Waals surface area contributed by atoms with Crippen molar-refractivity contribution in [2.24, 2.45) is 0 Å². The smallest absolute Gasteiger partial charge is 0.414 e. The summed E-state index contributed by atoms with van der Waals surface area (Å²) in [5.41, 5.74) is 2.86. The molecule has 1 saturated heterocycles. The SMILES string of the molecule is CNc1ccc(N2C[C@H](CNC(=O)c3cc[c-]s3)OC2=O)cc1C.[Y]. The minimum Gasteiger partial charge on any atom is -0.442 e. The van der Waals surface area contributed by atoms with Gasteiger partial charge in [0.2, 0.25) is 0 Å². The molecule has 1 fully saturated rings. The standard InChI is InChI=1S/C17H18N3O3S.Y/c1-11-8-12(5-6-14(11)18-2)20-10-13(23-17(20)22)9-19-16(21)15-4-3-7-24-15;/h3-6,8,13,18H,9-10H2,1-2H3,(H,19,21);/q-1;/t13-;/m0./s1. The number of rotatable bonds is 5. The maximum atomic E-state index is 12.1. The normalized spacial score (nSPS) is 16.2. The number of thiophene rings is 1. The fourth-order valence-corrected chi connectivity index (χ4v) is 3.16. The summed E-state index contributed by atoms with van der Waals surface area (Å²) in [6, 6.07) is 9.16. The molecule has 2 amide bonds. The van der Waals surface area contributed by atoms with Gasteiger partial charge in [-0.2, -0.15) is 12.1 Å². The van der Waals surface area contributed by atoms with E-state index >= 15 is 0 Å². The molecule has 1 aliphatic heterocycles. The van der Waals surface area contributed by atoms with Crippen LogP contribution in [0.25, 0.3) is 0 Å². The van der Waals surface area contributed by atoms with Crippen LogP contribution in [0.15, 0.2) is 30.3 Å². The minimum absolute atomic E-state index is 0. The van der Waals surface area contributed by atoms with Crippen LogP contribution in [-0.2, 0) is 37.4 Å². The minimum atomic E-state index is -0.393. The van der Waals surface area contributed by atoms with Gasteiger partial charge in [0.15, 0.2) is 5.91 Å². The second-order valence-corrected chi connectivity index (χ2v) is 6.37. The molecule has 1 atom stereocenters. The van der Waals surface area contributed by atoms with E-state index in [0.717, 1.165) is 16.9 Å². The molecular weight excluding hydrogens is 415 g/mol. The molecule has 3 rings (SSSR count). The van der Waals surface area contributed by atoms with Gasteiger partial charge in [0, 0.05) is 51.1 Å². The second kappa shape index (κ2) is 8.78. The van der Waals surface area contributed by atoms with Gasteiger partial charge in [-0.15, -0.1) is 5.38 Å². The third-order valence-corrected chi connectivity index (χ3v) is 4.65. The van der Waals surface area contributed by atoms with Crippen LogP contribution in [0.4, 0.5) is 16.2 Å². The molecule has 1 aliphatic rings. The largest absolute Gasteiger partial charge is 0.442 e. The van der Waals surface area contributed by atoms with Gasteiger partial charge in [0.25, 0.3) is 0 Å². The molecule has 2 heterocycles. The number of hydrogen-bond acceptors (Lipinski definition) is 5. The van der Waals surface area contributed by atoms with Crippen molar-refractivity contribution in [3.8, 4) is 0 Å². The average Bonchev–Trinajstić information content (AvgIpc) is 3.22. The molecule has 2 N–H and O–H groups in total. The Morgan fingerprint density at radius 2 is 2.24 bits per heavy atom. The number of cyclic esters (lactones) is 1. The van der Waals surface area contributed by atoms with Gasteiger partial charge in [-0.05, 0) is 30.7 Å². The monoisotopic (exact) mass is 433 g/mol. The zero-order chi connectivity index (χ0) is 17.1. The molecule has 8 heteroatoms. The molecule has 1 radical (unpaired) electrons. The van der Waals surface area contributed by atoms with Crippen LogP contribution in [0.3, 0.4) is 0 Å². The molecule has 0 spiro atoms. The van der Waals surface area contributed by atoms with Crippen LogP contribution < -0.4 is 15.5 Å². The van der Waals surface area contributed by atoms with Crippen LogP contribution in [0, 0.1) is 12.3 Å². The first-order valence-corrected chi connectivity index (χ1v) is 8.41. The van der Waals surface area contributed by atoms with Gasteiger partial charge < -0.3 is 15.4 Å². The van der Waals surface area contributed by atoms with Crippen molar-refractivity contribution >= 4 is 34.7 Å². The predicted molar refractivity (Wildman–Crippen MR) is 93.8 cm³/mol. The Balaban J connectivity index is 0.00000225. The third-order valence-electron chi connectivity index (χ3n) is 3.85. The number of carbonyl (C=O) groups excluding carboxylic acids is 2. The topological polar surface area (TPSA) is 70.7 Å². The summed E-state index contributed by atoms with van der Waals surface area (Å²) < 4.78 is 5.34. The molecule has 0 aliphatic carbocycles. The molecule has 0 saturated carbocycles. The predicted octanol–water partition coefficient (Wildman–Crippen LogP) is 2.65. The number of amides is 2. The number of carbonyl (C=O) groups is 2. The summed E-state index contributed by atoms with van der Waals surface area (Å²) in [5, 5.41) is 8.75. The summed E-state index contributed by atoms with van der Waals surface area (Å²) in [4.78, 5) is 26.2. The summed E-state index contributed by atoms with van der Waals surface area (Å²) in [7, 11) is 1.86. The van der Waals surface area contributed by atoms with Gasteiger partial charge in [-0.3, -0.25) is 21.0 Å². The van der Waals surface area contributed by atoms with E-state index in [0.29, 0.717) is 11.4 Å². The van der Waals surface area contributed by atoms with Gasteiger partial charge in [0.05, 0.1) is 13.1 Å². The van der Waals surface area contributed by atoms with E-state index in [9.17, 15) is 9.59 Å². The Labute approximate surface area is 175 Å². The Morgan fingerprint density at radius 3 is 2.88 bits per heavy atom. The number of ether oxygens (including phenoxy) is 1. The van der Waals surface area contributed by atoms with E-state index < -0.39 is 6.09 Å². The summed E-state index contributed by atoms with van der Waals surface area (Å²) in [5.74, 6) is -0.176. The Kier molecular flexibility index (Phi) is 6.98. The molecule has 0 unspecified atom stereocenters. The van der Waals surface area contributed by atoms with E-state index in [1.165, 1.54) is 11.3 Å². The van der Waals surface area contributed by atoms with Crippen molar-refractivity contribution in [1.29, 1.82) is 0 Å². The quantitative estimate of drug-likeness (QED) is 0.712. The Morgan fingerprint density at radius 1 is 1.44 bits per heavy atom. The first-order valence-electron chi connectivity index (χ1n) is 7.59. The van der Waals surface area contributed by atoms with E-state index in [4.69, 9.17) is 4.74 Å². The molecule has 2 aromatic rings. The van der Waals surface area contributed by atoms with Crippen molar-refractivity contribution in [1.82, 2.24) is 5.32 Å². The van der Waals surface area contributed by atoms with Crippen LogP contribution in [-0.4, -0.2) is 38.2 Å². The molecule has 1 aromatic heterocycles. The van der Waals surface area contributed by atoms with Gasteiger partial charge >= 0.3 is 6.09 Å². The molecule has 6 nitrogen and oxygen atoms in total. The van der Waals surface area contributed by atoms with Crippen molar-refractivity contribution < 1.29 is 47.0 Å². The zero-order valence-electron chi connectivity index (χ0n) is 14.0. The third kappa shape index (κ3) is 4.60. The van der Waals surface area contributed by atoms with Crippen LogP contribution in [0.1, 0.15) is 15.2 Å². The molecule has 25 heavy (non-hydrogen) atoms. The van der Waals surface area contributed by atoms with Crippen LogP contribution >= 0.6 is 11.3 Å². The zero-order valence-corrected chi connectivity index (χ0v) is 17.7. The van der Waals surface area contributed by atoms with Gasteiger partial charge in [-0.25, -0.2) is 4.79 Å². The summed E-state index contributed by atoms with van der Waals surface area (Å²) in [6.07, 6.45) is -0.759. The number of benzene rings is 1. The van der Waals surface area contributed by atoms with E-state index in [-0.39, 0.29) is 51.3 Å². The number of aryl methyl sites for hydroxylation is 1. The fourth-order valence-electron chi connectivity index (χ4n) is 2.59. The molecular formula is C17H18N3O3SY-. The summed E-state index contributed by atoms with van der Waals surface area (Å²) >= 11 is 1.26. The number of hydrogen-bond donors (Lipinski definition) is 2. The molecule has 1 aromatic carbocycles. The fraction of sp³-hybridized carbons (Fsp3) is 0.294. The summed E-state index contributed by atoms with van der Waals surface area (Å²) in [6.45, 7) is 2.67. The van der Waals surface area contributed by atoms with Crippen molar-refractivity contribution in [3.05, 3.63) is 46.2 Å². The van der Waals surface area contributed by atoms with Gasteiger partial charge in [0.1, 0.15) is 6.10 Å². The van der Waals surface area contributed by atoms with Gasteiger partial charge in [-0.1, -0.05) is 4.88 Å².